The van der Waals surface area contributed by atoms with Crippen LogP contribution in [0.3, 0.4) is 0 Å². The van der Waals surface area contributed by atoms with Crippen molar-refractivity contribution in [1.29, 1.82) is 0 Å². The van der Waals surface area contributed by atoms with Crippen LogP contribution in [-0.2, 0) is 13.2 Å². The summed E-state index contributed by atoms with van der Waals surface area (Å²) in [4.78, 5) is 32.7. The number of aromatic nitrogens is 2. The lowest BCUT2D eigenvalue weighted by molar-refractivity contribution is 0.0954. The van der Waals surface area contributed by atoms with Gasteiger partial charge in [-0.1, -0.05) is 60.7 Å². The zero-order chi connectivity index (χ0) is 21.6. The van der Waals surface area contributed by atoms with Gasteiger partial charge in [0.1, 0.15) is 22.2 Å². The summed E-state index contributed by atoms with van der Waals surface area (Å²) >= 11 is 1.19. The molecular weight excluding hydrogens is 410 g/mol. The Bertz CT molecular complexity index is 1230. The van der Waals surface area contributed by atoms with Crippen molar-refractivity contribution in [2.24, 2.45) is 0 Å². The Labute approximate surface area is 183 Å². The molecule has 0 aliphatic rings. The molecule has 0 unspecified atom stereocenters. The molecule has 0 saturated carbocycles. The molecular formula is C24H21N3O3S. The van der Waals surface area contributed by atoms with E-state index in [4.69, 9.17) is 4.74 Å². The molecule has 0 atom stereocenters. The molecule has 0 saturated heterocycles. The summed E-state index contributed by atoms with van der Waals surface area (Å²) in [6.07, 6.45) is 1.53. The van der Waals surface area contributed by atoms with Crippen LogP contribution >= 0.6 is 11.3 Å². The Morgan fingerprint density at radius 1 is 1.06 bits per heavy atom. The van der Waals surface area contributed by atoms with Gasteiger partial charge in [-0.25, -0.2) is 4.98 Å². The van der Waals surface area contributed by atoms with Crippen molar-refractivity contribution in [2.75, 3.05) is 0 Å². The summed E-state index contributed by atoms with van der Waals surface area (Å²) in [5.74, 6) is 0.319. The fourth-order valence-corrected chi connectivity index (χ4v) is 4.02. The van der Waals surface area contributed by atoms with Crippen molar-refractivity contribution < 1.29 is 9.53 Å². The van der Waals surface area contributed by atoms with Gasteiger partial charge in [-0.15, -0.1) is 11.3 Å². The van der Waals surface area contributed by atoms with E-state index in [0.29, 0.717) is 40.0 Å². The quantitative estimate of drug-likeness (QED) is 0.457. The molecule has 0 aliphatic carbocycles. The van der Waals surface area contributed by atoms with Crippen molar-refractivity contribution in [3.63, 3.8) is 0 Å². The third-order valence-corrected chi connectivity index (χ3v) is 5.84. The van der Waals surface area contributed by atoms with Crippen molar-refractivity contribution in [3.05, 3.63) is 105 Å². The van der Waals surface area contributed by atoms with Crippen LogP contribution in [0.25, 0.3) is 10.6 Å². The smallest absolute Gasteiger partial charge is 0.263 e. The van der Waals surface area contributed by atoms with Gasteiger partial charge in [0.25, 0.3) is 11.5 Å². The molecule has 0 spiro atoms. The van der Waals surface area contributed by atoms with Crippen LogP contribution in [0, 0.1) is 6.92 Å². The largest absolute Gasteiger partial charge is 0.487 e. The molecule has 2 aromatic carbocycles. The number of pyridine rings is 1. The number of rotatable bonds is 7. The van der Waals surface area contributed by atoms with Crippen molar-refractivity contribution in [1.82, 2.24) is 15.3 Å². The zero-order valence-electron chi connectivity index (χ0n) is 16.9. The molecule has 2 heterocycles. The fraction of sp³-hybridized carbons (Fsp3) is 0.125. The summed E-state index contributed by atoms with van der Waals surface area (Å²) in [6.45, 7) is 2.58. The molecule has 31 heavy (non-hydrogen) atoms. The number of aromatic amines is 1. The number of nitrogens with zero attached hydrogens (tertiary/aromatic N) is 1. The molecule has 0 radical (unpaired) electrons. The fourth-order valence-electron chi connectivity index (χ4n) is 3.03. The van der Waals surface area contributed by atoms with E-state index in [1.165, 1.54) is 17.5 Å². The first kappa shape index (κ1) is 20.6. The molecule has 0 bridgehead atoms. The Hall–Kier alpha value is -3.71. The van der Waals surface area contributed by atoms with E-state index in [-0.39, 0.29) is 11.5 Å². The summed E-state index contributed by atoms with van der Waals surface area (Å²) in [6, 6.07) is 21.1. The lowest BCUT2D eigenvalue weighted by atomic mass is 10.2. The Morgan fingerprint density at radius 2 is 1.74 bits per heavy atom. The number of carbonyl (C=O) groups is 1. The molecule has 7 heteroatoms. The molecule has 4 rings (SSSR count). The van der Waals surface area contributed by atoms with Gasteiger partial charge < -0.3 is 15.0 Å². The van der Waals surface area contributed by atoms with Crippen LogP contribution in [-0.4, -0.2) is 15.9 Å². The maximum atomic E-state index is 12.6. The maximum Gasteiger partial charge on any atom is 0.263 e. The van der Waals surface area contributed by atoms with Crippen LogP contribution in [0.2, 0.25) is 0 Å². The number of nitrogens with one attached hydrogen (secondary N) is 2. The predicted molar refractivity (Wildman–Crippen MR) is 121 cm³/mol. The second-order valence-electron chi connectivity index (χ2n) is 6.95. The average Bonchev–Trinajstić information content (AvgIpc) is 3.19. The summed E-state index contributed by atoms with van der Waals surface area (Å²) in [5, 5.41) is 3.39. The molecule has 1 amide bonds. The van der Waals surface area contributed by atoms with Gasteiger partial charge in [0.2, 0.25) is 0 Å². The van der Waals surface area contributed by atoms with Gasteiger partial charge in [-0.2, -0.15) is 0 Å². The highest BCUT2D eigenvalue weighted by molar-refractivity contribution is 7.17. The van der Waals surface area contributed by atoms with Gasteiger partial charge >= 0.3 is 0 Å². The lowest BCUT2D eigenvalue weighted by Crippen LogP contribution is -2.22. The summed E-state index contributed by atoms with van der Waals surface area (Å²) in [5.41, 5.74) is 2.72. The van der Waals surface area contributed by atoms with Gasteiger partial charge in [-0.3, -0.25) is 9.59 Å². The number of benzene rings is 2. The van der Waals surface area contributed by atoms with E-state index in [1.807, 2.05) is 60.7 Å². The number of ether oxygens (including phenoxy) is 1. The monoisotopic (exact) mass is 431 g/mol. The zero-order valence-corrected chi connectivity index (χ0v) is 17.7. The first-order valence-corrected chi connectivity index (χ1v) is 10.6. The SMILES string of the molecule is Cc1nc(-c2cc(OCc3ccccc3)c[nH]c2=O)sc1C(=O)NCc1ccccc1. The number of hydrogen-bond acceptors (Lipinski definition) is 5. The van der Waals surface area contributed by atoms with Crippen molar-refractivity contribution in [3.8, 4) is 16.3 Å². The van der Waals surface area contributed by atoms with Gasteiger partial charge in [0.15, 0.2) is 0 Å². The minimum atomic E-state index is -0.281. The Kier molecular flexibility index (Phi) is 6.24. The third-order valence-electron chi connectivity index (χ3n) is 4.65. The number of thiazole rings is 1. The minimum Gasteiger partial charge on any atom is -0.487 e. The van der Waals surface area contributed by atoms with E-state index in [2.05, 4.69) is 15.3 Å². The highest BCUT2D eigenvalue weighted by Crippen LogP contribution is 2.27. The van der Waals surface area contributed by atoms with Crippen LogP contribution in [0.5, 0.6) is 5.75 Å². The molecule has 0 fully saturated rings. The molecule has 0 aliphatic heterocycles. The first-order valence-electron chi connectivity index (χ1n) is 9.79. The topological polar surface area (TPSA) is 84.1 Å². The maximum absolute atomic E-state index is 12.6. The summed E-state index contributed by atoms with van der Waals surface area (Å²) < 4.78 is 5.81. The standard InChI is InChI=1S/C24H21N3O3S/c1-16-21(23(29)25-13-17-8-4-2-5-9-17)31-24(27-16)20-12-19(14-26-22(20)28)30-15-18-10-6-3-7-11-18/h2-12,14H,13,15H2,1H3,(H,25,29)(H,26,28). The lowest BCUT2D eigenvalue weighted by Gasteiger charge is -2.07. The normalized spacial score (nSPS) is 10.6. The van der Waals surface area contributed by atoms with E-state index in [9.17, 15) is 9.59 Å². The van der Waals surface area contributed by atoms with Crippen molar-refractivity contribution >= 4 is 17.2 Å². The van der Waals surface area contributed by atoms with E-state index < -0.39 is 0 Å². The van der Waals surface area contributed by atoms with Gasteiger partial charge in [0.05, 0.1) is 11.3 Å². The third kappa shape index (κ3) is 5.07. The summed E-state index contributed by atoms with van der Waals surface area (Å²) in [7, 11) is 0. The second kappa shape index (κ2) is 9.40. The number of H-pyrrole nitrogens is 1. The number of amides is 1. The van der Waals surface area contributed by atoms with Crippen LogP contribution in [0.15, 0.2) is 77.7 Å². The van der Waals surface area contributed by atoms with Crippen molar-refractivity contribution in [2.45, 2.75) is 20.1 Å². The van der Waals surface area contributed by atoms with E-state index >= 15 is 0 Å². The van der Waals surface area contributed by atoms with E-state index in [0.717, 1.165) is 11.1 Å². The predicted octanol–water partition coefficient (Wildman–Crippen LogP) is 4.32. The van der Waals surface area contributed by atoms with Crippen LogP contribution in [0.1, 0.15) is 26.5 Å². The molecule has 4 aromatic rings. The molecule has 156 valence electrons. The highest BCUT2D eigenvalue weighted by Gasteiger charge is 2.18. The van der Waals surface area contributed by atoms with Gasteiger partial charge in [-0.05, 0) is 24.1 Å². The Balaban J connectivity index is 1.50. The van der Waals surface area contributed by atoms with Crippen LogP contribution < -0.4 is 15.6 Å². The number of carbonyl (C=O) groups excluding carboxylic acids is 1. The van der Waals surface area contributed by atoms with Crippen LogP contribution in [0.4, 0.5) is 0 Å². The first-order chi connectivity index (χ1) is 15.1. The average molecular weight is 432 g/mol. The minimum absolute atomic E-state index is 0.210. The molecule has 6 nitrogen and oxygen atoms in total. The molecule has 2 aromatic heterocycles. The molecule has 2 N–H and O–H groups in total. The number of hydrogen-bond donors (Lipinski definition) is 2. The highest BCUT2D eigenvalue weighted by atomic mass is 32.1. The van der Waals surface area contributed by atoms with Gasteiger partial charge in [0, 0.05) is 12.7 Å². The van der Waals surface area contributed by atoms with E-state index in [1.54, 1.807) is 13.0 Å². The Morgan fingerprint density at radius 3 is 2.45 bits per heavy atom. The second-order valence-corrected chi connectivity index (χ2v) is 7.95. The number of aryl methyl sites for hydroxylation is 1.